The highest BCUT2D eigenvalue weighted by atomic mass is 19.4. The highest BCUT2D eigenvalue weighted by Crippen LogP contribution is 2.53. The minimum Gasteiger partial charge on any atom is -0.321 e. The Hall–Kier alpha value is -3.05. The summed E-state index contributed by atoms with van der Waals surface area (Å²) >= 11 is 0. The van der Waals surface area contributed by atoms with Gasteiger partial charge < -0.3 is 5.32 Å². The first-order chi connectivity index (χ1) is 13.6. The zero-order chi connectivity index (χ0) is 23.1. The minimum absolute atomic E-state index is 0.251. The standard InChI is InChI=1S/C18H12F8N2O2/c1-8-6-10(16(20,17(21,22)23)18(24,25)26)7-9(2)14(8)27-15(29)11-4-3-5-12(28-30)13(11)19/h3-7H,1-2H3,(H,27,29). The van der Waals surface area contributed by atoms with Crippen LogP contribution in [0.4, 0.5) is 46.5 Å². The van der Waals surface area contributed by atoms with E-state index in [-0.39, 0.29) is 16.8 Å². The van der Waals surface area contributed by atoms with Crippen molar-refractivity contribution < 1.29 is 39.9 Å². The van der Waals surface area contributed by atoms with Gasteiger partial charge in [-0.05, 0) is 42.3 Å². The van der Waals surface area contributed by atoms with Crippen molar-refractivity contribution in [2.24, 2.45) is 5.18 Å². The van der Waals surface area contributed by atoms with Crippen molar-refractivity contribution in [3.63, 3.8) is 0 Å². The van der Waals surface area contributed by atoms with Crippen LogP contribution in [0, 0.1) is 24.6 Å². The molecule has 0 saturated heterocycles. The average Bonchev–Trinajstić information content (AvgIpc) is 2.61. The van der Waals surface area contributed by atoms with Gasteiger partial charge in [0.2, 0.25) is 0 Å². The van der Waals surface area contributed by atoms with Gasteiger partial charge in [-0.1, -0.05) is 18.2 Å². The lowest BCUT2D eigenvalue weighted by atomic mass is 9.90. The van der Waals surface area contributed by atoms with E-state index in [4.69, 9.17) is 0 Å². The lowest BCUT2D eigenvalue weighted by molar-refractivity contribution is -0.348. The Morgan fingerprint density at radius 3 is 1.87 bits per heavy atom. The molecule has 0 radical (unpaired) electrons. The molecule has 1 N–H and O–H groups in total. The maximum Gasteiger partial charge on any atom is 0.435 e. The number of amides is 1. The largest absolute Gasteiger partial charge is 0.435 e. The smallest absolute Gasteiger partial charge is 0.321 e. The van der Waals surface area contributed by atoms with E-state index >= 15 is 0 Å². The first kappa shape index (κ1) is 23.2. The van der Waals surface area contributed by atoms with E-state index in [1.165, 1.54) is 0 Å². The summed E-state index contributed by atoms with van der Waals surface area (Å²) in [6.07, 6.45) is -12.6. The number of anilines is 1. The third-order valence-corrected chi connectivity index (χ3v) is 4.27. The van der Waals surface area contributed by atoms with Gasteiger partial charge in [0.25, 0.3) is 5.91 Å². The highest BCUT2D eigenvalue weighted by molar-refractivity contribution is 6.05. The summed E-state index contributed by atoms with van der Waals surface area (Å²) in [6, 6.07) is 3.70. The average molecular weight is 440 g/mol. The molecule has 0 fully saturated rings. The van der Waals surface area contributed by atoms with Crippen LogP contribution in [0.15, 0.2) is 35.5 Å². The molecule has 0 heterocycles. The molecule has 0 aliphatic carbocycles. The summed E-state index contributed by atoms with van der Waals surface area (Å²) in [5, 5.41) is 4.52. The van der Waals surface area contributed by atoms with Gasteiger partial charge in [0.15, 0.2) is 5.82 Å². The molecule has 2 aromatic carbocycles. The van der Waals surface area contributed by atoms with E-state index in [0.29, 0.717) is 12.1 Å². The third-order valence-electron chi connectivity index (χ3n) is 4.27. The number of rotatable bonds is 4. The Bertz CT molecular complexity index is 962. The number of hydrogen-bond acceptors (Lipinski definition) is 3. The van der Waals surface area contributed by atoms with Crippen LogP contribution in [0.2, 0.25) is 0 Å². The zero-order valence-corrected chi connectivity index (χ0v) is 15.2. The fraction of sp³-hybridized carbons (Fsp3) is 0.278. The molecule has 0 atom stereocenters. The van der Waals surface area contributed by atoms with Gasteiger partial charge in [0.1, 0.15) is 5.69 Å². The molecule has 0 aromatic heterocycles. The molecule has 12 heteroatoms. The van der Waals surface area contributed by atoms with Crippen LogP contribution in [0.3, 0.4) is 0 Å². The molecule has 1 amide bonds. The number of benzene rings is 2. The number of nitrogens with one attached hydrogen (secondary N) is 1. The first-order valence-corrected chi connectivity index (χ1v) is 8.02. The predicted molar refractivity (Wildman–Crippen MR) is 90.6 cm³/mol. The molecule has 2 aromatic rings. The Balaban J connectivity index is 2.52. The van der Waals surface area contributed by atoms with Crippen LogP contribution in [-0.2, 0) is 5.67 Å². The lowest BCUT2D eigenvalue weighted by Crippen LogP contribution is -2.50. The minimum atomic E-state index is -6.29. The zero-order valence-electron chi connectivity index (χ0n) is 15.2. The maximum atomic E-state index is 14.3. The summed E-state index contributed by atoms with van der Waals surface area (Å²) in [7, 11) is 0. The van der Waals surface area contributed by atoms with E-state index < -0.39 is 46.6 Å². The van der Waals surface area contributed by atoms with Gasteiger partial charge in [-0.25, -0.2) is 8.78 Å². The molecular formula is C18H12F8N2O2. The van der Waals surface area contributed by atoms with Gasteiger partial charge in [0, 0.05) is 11.3 Å². The van der Waals surface area contributed by atoms with Crippen molar-refractivity contribution in [1.29, 1.82) is 0 Å². The Morgan fingerprint density at radius 2 is 1.43 bits per heavy atom. The summed E-state index contributed by atoms with van der Waals surface area (Å²) in [6.45, 7) is 2.08. The van der Waals surface area contributed by atoms with Crippen molar-refractivity contribution in [1.82, 2.24) is 0 Å². The molecule has 0 saturated carbocycles. The maximum absolute atomic E-state index is 14.3. The summed E-state index contributed by atoms with van der Waals surface area (Å²) in [5.41, 5.74) is -9.58. The molecule has 0 spiro atoms. The highest BCUT2D eigenvalue weighted by Gasteiger charge is 2.73. The summed E-state index contributed by atoms with van der Waals surface area (Å²) in [5.74, 6) is -2.41. The Labute approximate surface area is 163 Å². The van der Waals surface area contributed by atoms with Crippen molar-refractivity contribution in [3.05, 3.63) is 63.3 Å². The molecule has 30 heavy (non-hydrogen) atoms. The van der Waals surface area contributed by atoms with Gasteiger partial charge in [-0.2, -0.15) is 26.3 Å². The molecule has 162 valence electrons. The summed E-state index contributed by atoms with van der Waals surface area (Å²) < 4.78 is 106. The molecule has 0 bridgehead atoms. The monoisotopic (exact) mass is 440 g/mol. The Morgan fingerprint density at radius 1 is 0.933 bits per heavy atom. The van der Waals surface area contributed by atoms with E-state index in [1.54, 1.807) is 0 Å². The molecular weight excluding hydrogens is 428 g/mol. The fourth-order valence-corrected chi connectivity index (χ4v) is 2.79. The fourth-order valence-electron chi connectivity index (χ4n) is 2.79. The number of alkyl halides is 7. The van der Waals surface area contributed by atoms with Crippen LogP contribution in [0.25, 0.3) is 0 Å². The third kappa shape index (κ3) is 3.85. The van der Waals surface area contributed by atoms with Crippen LogP contribution < -0.4 is 5.32 Å². The van der Waals surface area contributed by atoms with Crippen molar-refractivity contribution in [2.45, 2.75) is 31.9 Å². The van der Waals surface area contributed by atoms with E-state index in [9.17, 15) is 44.8 Å². The van der Waals surface area contributed by atoms with Gasteiger partial charge >= 0.3 is 18.0 Å². The van der Waals surface area contributed by atoms with E-state index in [2.05, 4.69) is 10.5 Å². The number of halogens is 8. The van der Waals surface area contributed by atoms with Gasteiger partial charge in [-0.3, -0.25) is 4.79 Å². The number of nitroso groups, excluding NO2 is 1. The number of aryl methyl sites for hydroxylation is 2. The van der Waals surface area contributed by atoms with Crippen LogP contribution >= 0.6 is 0 Å². The topological polar surface area (TPSA) is 58.5 Å². The second-order valence-corrected chi connectivity index (χ2v) is 6.32. The number of nitrogens with zero attached hydrogens (tertiary/aromatic N) is 1. The number of carbonyl (C=O) groups excluding carboxylic acids is 1. The first-order valence-electron chi connectivity index (χ1n) is 8.02. The molecule has 0 aliphatic heterocycles. The molecule has 0 aliphatic rings. The number of hydrogen-bond donors (Lipinski definition) is 1. The molecule has 0 unspecified atom stereocenters. The van der Waals surface area contributed by atoms with Crippen LogP contribution in [0.1, 0.15) is 27.0 Å². The SMILES string of the molecule is Cc1cc(C(F)(C(F)(F)F)C(F)(F)F)cc(C)c1NC(=O)c1cccc(N=O)c1F. The number of carbonyl (C=O) groups is 1. The van der Waals surface area contributed by atoms with Crippen LogP contribution in [-0.4, -0.2) is 18.3 Å². The lowest BCUT2D eigenvalue weighted by Gasteiger charge is -2.31. The quantitative estimate of drug-likeness (QED) is 0.443. The van der Waals surface area contributed by atoms with Crippen molar-refractivity contribution >= 4 is 17.3 Å². The predicted octanol–water partition coefficient (Wildman–Crippen LogP) is 6.38. The second-order valence-electron chi connectivity index (χ2n) is 6.32. The Kier molecular flexibility index (Phi) is 5.92. The molecule has 4 nitrogen and oxygen atoms in total. The molecule has 2 rings (SSSR count). The van der Waals surface area contributed by atoms with Crippen LogP contribution in [0.5, 0.6) is 0 Å². The van der Waals surface area contributed by atoms with Crippen molar-refractivity contribution in [2.75, 3.05) is 5.32 Å². The van der Waals surface area contributed by atoms with E-state index in [1.807, 2.05) is 0 Å². The van der Waals surface area contributed by atoms with Gasteiger partial charge in [-0.15, -0.1) is 4.91 Å². The van der Waals surface area contributed by atoms with E-state index in [0.717, 1.165) is 32.0 Å². The van der Waals surface area contributed by atoms with Crippen molar-refractivity contribution in [3.8, 4) is 0 Å². The second kappa shape index (κ2) is 7.65. The normalized spacial score (nSPS) is 12.6. The summed E-state index contributed by atoms with van der Waals surface area (Å²) in [4.78, 5) is 22.8. The van der Waals surface area contributed by atoms with Gasteiger partial charge in [0.05, 0.1) is 5.56 Å².